The molecule has 19 heavy (non-hydrogen) atoms. The molecule has 97 valence electrons. The minimum Gasteiger partial charge on any atom is -0.273 e. The summed E-state index contributed by atoms with van der Waals surface area (Å²) < 4.78 is 0. The average Bonchev–Trinajstić information content (AvgIpc) is 2.46. The van der Waals surface area contributed by atoms with Crippen LogP contribution in [0.5, 0.6) is 0 Å². The summed E-state index contributed by atoms with van der Waals surface area (Å²) in [4.78, 5) is 11.6. The molecule has 1 atom stereocenters. The number of nitrogens with one attached hydrogen (secondary N) is 1. The van der Waals surface area contributed by atoms with E-state index in [0.29, 0.717) is 6.42 Å². The highest BCUT2D eigenvalue weighted by molar-refractivity contribution is 5.77. The zero-order chi connectivity index (χ0) is 13.7. The predicted molar refractivity (Wildman–Crippen MR) is 76.6 cm³/mol. The second kappa shape index (κ2) is 6.19. The molecule has 0 fully saturated rings. The van der Waals surface area contributed by atoms with Crippen molar-refractivity contribution in [2.45, 2.75) is 19.3 Å². The smallest absolute Gasteiger partial charge is 0.242 e. The molecule has 0 spiro atoms. The molecule has 2 rings (SSSR count). The van der Waals surface area contributed by atoms with E-state index in [1.54, 1.807) is 0 Å². The summed E-state index contributed by atoms with van der Waals surface area (Å²) in [5, 5.41) is 0. The molecular weight excluding hydrogens is 234 g/mol. The molecular formula is C17H18NO. The quantitative estimate of drug-likeness (QED) is 0.800. The first-order valence-corrected chi connectivity index (χ1v) is 6.59. The predicted octanol–water partition coefficient (Wildman–Crippen LogP) is 3.65. The maximum Gasteiger partial charge on any atom is 0.242 e. The molecule has 0 bridgehead atoms. The number of hydrogen-bond acceptors (Lipinski definition) is 1. The molecule has 0 aliphatic carbocycles. The summed E-state index contributed by atoms with van der Waals surface area (Å²) in [6.07, 6.45) is 0.677. The van der Waals surface area contributed by atoms with Crippen molar-refractivity contribution in [1.82, 2.24) is 5.73 Å². The minimum atomic E-state index is -0.486. The summed E-state index contributed by atoms with van der Waals surface area (Å²) in [6, 6.07) is 20.0. The topological polar surface area (TPSA) is 40.9 Å². The van der Waals surface area contributed by atoms with E-state index in [-0.39, 0.29) is 11.8 Å². The Morgan fingerprint density at radius 3 is 1.68 bits per heavy atom. The third-order valence-electron chi connectivity index (χ3n) is 3.50. The second-order valence-corrected chi connectivity index (χ2v) is 4.68. The van der Waals surface area contributed by atoms with Gasteiger partial charge in [-0.2, -0.15) is 0 Å². The van der Waals surface area contributed by atoms with Crippen LogP contribution in [0.25, 0.3) is 0 Å². The van der Waals surface area contributed by atoms with Gasteiger partial charge in [0.1, 0.15) is 0 Å². The van der Waals surface area contributed by atoms with Gasteiger partial charge in [-0.05, 0) is 17.5 Å². The summed E-state index contributed by atoms with van der Waals surface area (Å²) in [5.41, 5.74) is 9.72. The molecule has 0 aliphatic heterocycles. The third kappa shape index (κ3) is 3.02. The lowest BCUT2D eigenvalue weighted by molar-refractivity contribution is -0.122. The van der Waals surface area contributed by atoms with Gasteiger partial charge < -0.3 is 0 Å². The third-order valence-corrected chi connectivity index (χ3v) is 3.50. The van der Waals surface area contributed by atoms with Crippen LogP contribution in [0.15, 0.2) is 60.7 Å². The molecule has 1 radical (unpaired) electrons. The van der Waals surface area contributed by atoms with Crippen molar-refractivity contribution >= 4 is 5.91 Å². The molecule has 0 aliphatic rings. The van der Waals surface area contributed by atoms with E-state index >= 15 is 0 Å². The normalized spacial score (nSPS) is 12.3. The van der Waals surface area contributed by atoms with E-state index in [2.05, 4.69) is 0 Å². The molecule has 2 aromatic rings. The van der Waals surface area contributed by atoms with Crippen LogP contribution in [-0.4, -0.2) is 5.91 Å². The molecule has 1 amide bonds. The number of carbonyl (C=O) groups is 1. The van der Waals surface area contributed by atoms with Gasteiger partial charge in [0.2, 0.25) is 5.91 Å². The van der Waals surface area contributed by atoms with Crippen LogP contribution in [0.1, 0.15) is 30.4 Å². The molecule has 2 heteroatoms. The van der Waals surface area contributed by atoms with Crippen LogP contribution < -0.4 is 5.73 Å². The van der Waals surface area contributed by atoms with Crippen molar-refractivity contribution in [2.75, 3.05) is 0 Å². The monoisotopic (exact) mass is 252 g/mol. The van der Waals surface area contributed by atoms with Gasteiger partial charge in [0, 0.05) is 5.92 Å². The lowest BCUT2D eigenvalue weighted by Crippen LogP contribution is -2.23. The first-order chi connectivity index (χ1) is 9.24. The Bertz CT molecular complexity index is 482. The summed E-state index contributed by atoms with van der Waals surface area (Å²) in [7, 11) is 0. The van der Waals surface area contributed by atoms with Gasteiger partial charge in [-0.1, -0.05) is 67.6 Å². The summed E-state index contributed by atoms with van der Waals surface area (Å²) >= 11 is 0. The summed E-state index contributed by atoms with van der Waals surface area (Å²) in [5.74, 6) is -0.803. The number of benzene rings is 2. The van der Waals surface area contributed by atoms with E-state index in [1.807, 2.05) is 67.6 Å². The fourth-order valence-electron chi connectivity index (χ4n) is 2.55. The van der Waals surface area contributed by atoms with Gasteiger partial charge in [0.15, 0.2) is 0 Å². The molecule has 2 nitrogen and oxygen atoms in total. The maximum absolute atomic E-state index is 11.6. The lowest BCUT2D eigenvalue weighted by atomic mass is 9.79. The van der Waals surface area contributed by atoms with Crippen molar-refractivity contribution in [1.29, 1.82) is 0 Å². The maximum atomic E-state index is 11.6. The molecule has 0 saturated heterocycles. The fraction of sp³-hybridized carbons (Fsp3) is 0.235. The summed E-state index contributed by atoms with van der Waals surface area (Å²) in [6.45, 7) is 1.97. The minimum absolute atomic E-state index is 0.0302. The number of hydrogen-bond donors (Lipinski definition) is 0. The second-order valence-electron chi connectivity index (χ2n) is 4.68. The molecule has 0 aromatic heterocycles. The van der Waals surface area contributed by atoms with Crippen molar-refractivity contribution in [3.63, 3.8) is 0 Å². The van der Waals surface area contributed by atoms with E-state index < -0.39 is 5.91 Å². The van der Waals surface area contributed by atoms with Gasteiger partial charge >= 0.3 is 0 Å². The number of amides is 1. The van der Waals surface area contributed by atoms with Crippen molar-refractivity contribution in [3.05, 3.63) is 71.8 Å². The van der Waals surface area contributed by atoms with E-state index in [4.69, 9.17) is 5.73 Å². The highest BCUT2D eigenvalue weighted by atomic mass is 16.1. The Hall–Kier alpha value is -2.09. The van der Waals surface area contributed by atoms with Gasteiger partial charge in [-0.3, -0.25) is 10.5 Å². The Labute approximate surface area is 114 Å². The first-order valence-electron chi connectivity index (χ1n) is 6.59. The van der Waals surface area contributed by atoms with Gasteiger partial charge in [0.25, 0.3) is 0 Å². The van der Waals surface area contributed by atoms with Gasteiger partial charge in [0.05, 0.1) is 5.92 Å². The zero-order valence-corrected chi connectivity index (χ0v) is 11.0. The van der Waals surface area contributed by atoms with Crippen molar-refractivity contribution < 1.29 is 4.79 Å². The largest absolute Gasteiger partial charge is 0.273 e. The zero-order valence-electron chi connectivity index (χ0n) is 11.0. The first kappa shape index (κ1) is 13.3. The number of rotatable bonds is 5. The van der Waals surface area contributed by atoms with Crippen molar-refractivity contribution in [2.24, 2.45) is 5.92 Å². The van der Waals surface area contributed by atoms with Crippen LogP contribution in [0.4, 0.5) is 0 Å². The standard InChI is InChI=1S/C17H18NO/c1-2-15(17(18)19)16(13-9-5-3-6-10-13)14-11-7-4-8-12-14/h3-12,15-16,18H,2H2,1H3. The lowest BCUT2D eigenvalue weighted by Gasteiger charge is -2.24. The Morgan fingerprint density at radius 1 is 0.947 bits per heavy atom. The van der Waals surface area contributed by atoms with Gasteiger partial charge in [-0.15, -0.1) is 0 Å². The Kier molecular flexibility index (Phi) is 4.35. The molecule has 0 saturated carbocycles. The van der Waals surface area contributed by atoms with Crippen LogP contribution in [-0.2, 0) is 4.79 Å². The van der Waals surface area contributed by atoms with Crippen LogP contribution in [0.3, 0.4) is 0 Å². The average molecular weight is 252 g/mol. The highest BCUT2D eigenvalue weighted by Gasteiger charge is 2.28. The van der Waals surface area contributed by atoms with Crippen LogP contribution in [0, 0.1) is 5.92 Å². The van der Waals surface area contributed by atoms with Crippen LogP contribution >= 0.6 is 0 Å². The Morgan fingerprint density at radius 2 is 1.37 bits per heavy atom. The van der Waals surface area contributed by atoms with Crippen molar-refractivity contribution in [3.8, 4) is 0 Å². The molecule has 1 N–H and O–H groups in total. The van der Waals surface area contributed by atoms with E-state index in [1.165, 1.54) is 0 Å². The Balaban J connectivity index is 2.48. The van der Waals surface area contributed by atoms with Gasteiger partial charge in [-0.25, -0.2) is 0 Å². The van der Waals surface area contributed by atoms with Crippen LogP contribution in [0.2, 0.25) is 0 Å². The fourth-order valence-corrected chi connectivity index (χ4v) is 2.55. The molecule has 2 aromatic carbocycles. The van der Waals surface area contributed by atoms with E-state index in [9.17, 15) is 4.79 Å². The molecule has 0 heterocycles. The SMILES string of the molecule is CCC(C([NH])=O)C(c1ccccc1)c1ccccc1. The highest BCUT2D eigenvalue weighted by Crippen LogP contribution is 2.33. The van der Waals surface area contributed by atoms with E-state index in [0.717, 1.165) is 11.1 Å². The molecule has 1 unspecified atom stereocenters. The number of carbonyl (C=O) groups excluding carboxylic acids is 1.